The van der Waals surface area contributed by atoms with Crippen LogP contribution in [-0.2, 0) is 0 Å². The van der Waals surface area contributed by atoms with Crippen LogP contribution in [0.1, 0.15) is 37.3 Å². The highest BCUT2D eigenvalue weighted by atomic mass is 15.3. The van der Waals surface area contributed by atoms with Crippen molar-refractivity contribution in [1.82, 2.24) is 9.78 Å². The summed E-state index contributed by atoms with van der Waals surface area (Å²) in [7, 11) is 0. The van der Waals surface area contributed by atoms with E-state index in [4.69, 9.17) is 10.8 Å². The van der Waals surface area contributed by atoms with Gasteiger partial charge in [-0.2, -0.15) is 5.10 Å². The standard InChI is InChI=1S/C15H19N3/c1-11-6-2-5-9-13(11)15-14(16)10-18(17-15)12-7-3-4-8-12/h2,5-6,9-10,12H,3-4,7-8,16H2,1H3. The molecule has 1 aromatic heterocycles. The van der Waals surface area contributed by atoms with Crippen LogP contribution < -0.4 is 5.73 Å². The van der Waals surface area contributed by atoms with Crippen LogP contribution in [0.15, 0.2) is 30.5 Å². The van der Waals surface area contributed by atoms with Gasteiger partial charge in [-0.1, -0.05) is 37.1 Å². The van der Waals surface area contributed by atoms with Gasteiger partial charge < -0.3 is 5.73 Å². The number of anilines is 1. The molecule has 0 aliphatic heterocycles. The molecule has 3 heteroatoms. The third-order valence-corrected chi connectivity index (χ3v) is 3.86. The average Bonchev–Trinajstić information content (AvgIpc) is 2.99. The van der Waals surface area contributed by atoms with Crippen LogP contribution in [-0.4, -0.2) is 9.78 Å². The summed E-state index contributed by atoms with van der Waals surface area (Å²) in [5.41, 5.74) is 10.2. The summed E-state index contributed by atoms with van der Waals surface area (Å²) >= 11 is 0. The second kappa shape index (κ2) is 4.48. The first-order valence-corrected chi connectivity index (χ1v) is 6.66. The van der Waals surface area contributed by atoms with E-state index in [2.05, 4.69) is 23.7 Å². The van der Waals surface area contributed by atoms with Crippen molar-refractivity contribution in [1.29, 1.82) is 0 Å². The predicted octanol–water partition coefficient (Wildman–Crippen LogP) is 3.56. The zero-order chi connectivity index (χ0) is 12.5. The van der Waals surface area contributed by atoms with E-state index in [-0.39, 0.29) is 0 Å². The maximum Gasteiger partial charge on any atom is 0.115 e. The molecule has 94 valence electrons. The van der Waals surface area contributed by atoms with Crippen molar-refractivity contribution in [2.45, 2.75) is 38.6 Å². The molecule has 0 atom stereocenters. The van der Waals surface area contributed by atoms with Crippen molar-refractivity contribution in [2.24, 2.45) is 0 Å². The largest absolute Gasteiger partial charge is 0.396 e. The number of nitrogens with two attached hydrogens (primary N) is 1. The van der Waals surface area contributed by atoms with E-state index in [1.165, 1.54) is 31.2 Å². The van der Waals surface area contributed by atoms with Crippen LogP contribution in [0.5, 0.6) is 0 Å². The lowest BCUT2D eigenvalue weighted by Gasteiger charge is -2.08. The number of aryl methyl sites for hydroxylation is 1. The lowest BCUT2D eigenvalue weighted by molar-refractivity contribution is 0.468. The van der Waals surface area contributed by atoms with Crippen molar-refractivity contribution in [3.05, 3.63) is 36.0 Å². The molecule has 0 bridgehead atoms. The van der Waals surface area contributed by atoms with Gasteiger partial charge in [0.15, 0.2) is 0 Å². The molecule has 3 rings (SSSR count). The molecular weight excluding hydrogens is 222 g/mol. The summed E-state index contributed by atoms with van der Waals surface area (Å²) in [5, 5.41) is 4.71. The molecule has 2 N–H and O–H groups in total. The topological polar surface area (TPSA) is 43.8 Å². The van der Waals surface area contributed by atoms with Crippen molar-refractivity contribution in [3.8, 4) is 11.3 Å². The maximum absolute atomic E-state index is 6.13. The Bertz CT molecular complexity index is 551. The van der Waals surface area contributed by atoms with Gasteiger partial charge in [-0.15, -0.1) is 0 Å². The number of rotatable bonds is 2. The minimum absolute atomic E-state index is 0.546. The fraction of sp³-hybridized carbons (Fsp3) is 0.400. The Labute approximate surface area is 108 Å². The zero-order valence-corrected chi connectivity index (χ0v) is 10.8. The van der Waals surface area contributed by atoms with Crippen LogP contribution in [0.4, 0.5) is 5.69 Å². The van der Waals surface area contributed by atoms with E-state index in [1.807, 2.05) is 18.3 Å². The molecule has 0 unspecified atom stereocenters. The first kappa shape index (κ1) is 11.3. The monoisotopic (exact) mass is 241 g/mol. The fourth-order valence-corrected chi connectivity index (χ4v) is 2.81. The molecule has 3 nitrogen and oxygen atoms in total. The number of hydrogen-bond donors (Lipinski definition) is 1. The van der Waals surface area contributed by atoms with Crippen LogP contribution in [0.25, 0.3) is 11.3 Å². The molecule has 1 saturated carbocycles. The van der Waals surface area contributed by atoms with Crippen LogP contribution in [0.2, 0.25) is 0 Å². The smallest absolute Gasteiger partial charge is 0.115 e. The third-order valence-electron chi connectivity index (χ3n) is 3.86. The summed E-state index contributed by atoms with van der Waals surface area (Å²) in [4.78, 5) is 0. The molecule has 0 radical (unpaired) electrons. The summed E-state index contributed by atoms with van der Waals surface area (Å²) in [6.45, 7) is 2.10. The van der Waals surface area contributed by atoms with E-state index < -0.39 is 0 Å². The zero-order valence-electron chi connectivity index (χ0n) is 10.8. The first-order chi connectivity index (χ1) is 8.75. The van der Waals surface area contributed by atoms with Crippen LogP contribution in [0.3, 0.4) is 0 Å². The lowest BCUT2D eigenvalue weighted by Crippen LogP contribution is -2.05. The Morgan fingerprint density at radius 1 is 1.22 bits per heavy atom. The van der Waals surface area contributed by atoms with Gasteiger partial charge >= 0.3 is 0 Å². The normalized spacial score (nSPS) is 16.3. The second-order valence-corrected chi connectivity index (χ2v) is 5.17. The highest BCUT2D eigenvalue weighted by molar-refractivity contribution is 5.74. The fourth-order valence-electron chi connectivity index (χ4n) is 2.81. The molecule has 18 heavy (non-hydrogen) atoms. The van der Waals surface area contributed by atoms with E-state index in [1.54, 1.807) is 0 Å². The third kappa shape index (κ3) is 1.90. The molecule has 2 aromatic rings. The van der Waals surface area contributed by atoms with Crippen molar-refractivity contribution < 1.29 is 0 Å². The molecule has 1 fully saturated rings. The van der Waals surface area contributed by atoms with Crippen LogP contribution in [0, 0.1) is 6.92 Å². The summed E-state index contributed by atoms with van der Waals surface area (Å²) < 4.78 is 2.07. The second-order valence-electron chi connectivity index (χ2n) is 5.17. The maximum atomic E-state index is 6.13. The molecular formula is C15H19N3. The number of nitrogen functional groups attached to an aromatic ring is 1. The minimum Gasteiger partial charge on any atom is -0.396 e. The quantitative estimate of drug-likeness (QED) is 0.873. The van der Waals surface area contributed by atoms with Crippen molar-refractivity contribution in [3.63, 3.8) is 0 Å². The van der Waals surface area contributed by atoms with Crippen molar-refractivity contribution >= 4 is 5.69 Å². The Morgan fingerprint density at radius 2 is 1.94 bits per heavy atom. The minimum atomic E-state index is 0.546. The summed E-state index contributed by atoms with van der Waals surface area (Å²) in [5.74, 6) is 0. The molecule has 0 spiro atoms. The van der Waals surface area contributed by atoms with Gasteiger partial charge in [0.05, 0.1) is 11.7 Å². The first-order valence-electron chi connectivity index (χ1n) is 6.66. The molecule has 0 amide bonds. The molecule has 1 heterocycles. The highest BCUT2D eigenvalue weighted by Crippen LogP contribution is 2.33. The van der Waals surface area contributed by atoms with Crippen molar-refractivity contribution in [2.75, 3.05) is 5.73 Å². The Kier molecular flexibility index (Phi) is 2.82. The number of nitrogens with zero attached hydrogens (tertiary/aromatic N) is 2. The number of aromatic nitrogens is 2. The van der Waals surface area contributed by atoms with E-state index in [0.29, 0.717) is 6.04 Å². The SMILES string of the molecule is Cc1ccccc1-c1nn(C2CCCC2)cc1N. The van der Waals surface area contributed by atoms with Gasteiger partial charge in [0.25, 0.3) is 0 Å². The molecule has 1 aromatic carbocycles. The molecule has 1 aliphatic rings. The van der Waals surface area contributed by atoms with E-state index in [9.17, 15) is 0 Å². The number of hydrogen-bond acceptors (Lipinski definition) is 2. The summed E-state index contributed by atoms with van der Waals surface area (Å²) in [6, 6.07) is 8.82. The Hall–Kier alpha value is -1.77. The van der Waals surface area contributed by atoms with Gasteiger partial charge in [-0.05, 0) is 25.3 Å². The van der Waals surface area contributed by atoms with E-state index >= 15 is 0 Å². The summed E-state index contributed by atoms with van der Waals surface area (Å²) in [6.07, 6.45) is 7.08. The van der Waals surface area contributed by atoms with Gasteiger partial charge in [0.2, 0.25) is 0 Å². The molecule has 1 aliphatic carbocycles. The average molecular weight is 241 g/mol. The van der Waals surface area contributed by atoms with Crippen LogP contribution >= 0.6 is 0 Å². The lowest BCUT2D eigenvalue weighted by atomic mass is 10.1. The van der Waals surface area contributed by atoms with E-state index in [0.717, 1.165) is 16.9 Å². The Balaban J connectivity index is 2.00. The molecule has 0 saturated heterocycles. The van der Waals surface area contributed by atoms with Gasteiger partial charge in [-0.25, -0.2) is 0 Å². The predicted molar refractivity (Wildman–Crippen MR) is 74.3 cm³/mol. The number of benzene rings is 1. The van der Waals surface area contributed by atoms with Gasteiger partial charge in [0, 0.05) is 11.8 Å². The van der Waals surface area contributed by atoms with Gasteiger partial charge in [-0.3, -0.25) is 4.68 Å². The Morgan fingerprint density at radius 3 is 2.67 bits per heavy atom. The van der Waals surface area contributed by atoms with Gasteiger partial charge in [0.1, 0.15) is 5.69 Å². The highest BCUT2D eigenvalue weighted by Gasteiger charge is 2.20.